The number of sulfone groups is 1. The van der Waals surface area contributed by atoms with Crippen LogP contribution in [-0.2, 0) is 21.2 Å². The number of hydrogen-bond donors (Lipinski definition) is 0. The lowest BCUT2D eigenvalue weighted by molar-refractivity contribution is -0.118. The number of halogens is 1. The van der Waals surface area contributed by atoms with E-state index >= 15 is 0 Å². The highest BCUT2D eigenvalue weighted by molar-refractivity contribution is 7.91. The highest BCUT2D eigenvalue weighted by Gasteiger charge is 2.22. The summed E-state index contributed by atoms with van der Waals surface area (Å²) in [6.45, 7) is 2.18. The van der Waals surface area contributed by atoms with Gasteiger partial charge in [-0.1, -0.05) is 47.2 Å². The molecule has 0 N–H and O–H groups in total. The molecule has 33 heavy (non-hydrogen) atoms. The van der Waals surface area contributed by atoms with E-state index in [0.717, 1.165) is 21.5 Å². The van der Waals surface area contributed by atoms with Crippen LogP contribution in [0.25, 0.3) is 10.2 Å². The third-order valence-electron chi connectivity index (χ3n) is 5.12. The molecule has 0 saturated carbocycles. The molecule has 1 amide bonds. The number of fused-ring (bicyclic) bond motifs is 1. The van der Waals surface area contributed by atoms with Gasteiger partial charge < -0.3 is 0 Å². The minimum Gasteiger partial charge on any atom is -0.282 e. The van der Waals surface area contributed by atoms with E-state index in [1.54, 1.807) is 41.4 Å². The molecule has 0 aliphatic heterocycles. The lowest BCUT2D eigenvalue weighted by atomic mass is 10.2. The van der Waals surface area contributed by atoms with E-state index in [9.17, 15) is 13.2 Å². The number of hydrogen-bond acceptors (Lipinski definition) is 6. The summed E-state index contributed by atoms with van der Waals surface area (Å²) < 4.78 is 26.0. The summed E-state index contributed by atoms with van der Waals surface area (Å²) >= 11 is 7.58. The number of nitrogens with zero attached hydrogens (tertiary/aromatic N) is 3. The molecular formula is C24H22ClN3O3S2. The van der Waals surface area contributed by atoms with Crippen LogP contribution < -0.4 is 4.90 Å². The van der Waals surface area contributed by atoms with Crippen LogP contribution >= 0.6 is 22.9 Å². The Hall–Kier alpha value is -2.81. The smallest absolute Gasteiger partial charge is 0.229 e. The minimum atomic E-state index is -3.45. The zero-order chi connectivity index (χ0) is 23.4. The number of aromatic nitrogens is 2. The zero-order valence-corrected chi connectivity index (χ0v) is 20.3. The Kier molecular flexibility index (Phi) is 7.07. The van der Waals surface area contributed by atoms with Gasteiger partial charge in [0.25, 0.3) is 0 Å². The molecule has 0 radical (unpaired) electrons. The van der Waals surface area contributed by atoms with Crippen molar-refractivity contribution >= 4 is 54.0 Å². The maximum absolute atomic E-state index is 13.2. The van der Waals surface area contributed by atoms with Gasteiger partial charge in [0.2, 0.25) is 5.91 Å². The van der Waals surface area contributed by atoms with Crippen molar-refractivity contribution in [3.63, 3.8) is 0 Å². The lowest BCUT2D eigenvalue weighted by Gasteiger charge is -2.19. The number of carbonyl (C=O) groups is 1. The van der Waals surface area contributed by atoms with Crippen molar-refractivity contribution < 1.29 is 13.2 Å². The fourth-order valence-corrected chi connectivity index (χ4v) is 6.24. The fraction of sp³-hybridized carbons (Fsp3) is 0.208. The second-order valence-corrected chi connectivity index (χ2v) is 11.2. The predicted molar refractivity (Wildman–Crippen MR) is 133 cm³/mol. The number of anilines is 1. The van der Waals surface area contributed by atoms with Gasteiger partial charge in [0, 0.05) is 17.6 Å². The largest absolute Gasteiger partial charge is 0.282 e. The van der Waals surface area contributed by atoms with E-state index in [0.29, 0.717) is 10.2 Å². The second kappa shape index (κ2) is 9.99. The summed E-state index contributed by atoms with van der Waals surface area (Å²) in [7, 11) is -3.45. The summed E-state index contributed by atoms with van der Waals surface area (Å²) in [5.74, 6) is -0.305. The highest BCUT2D eigenvalue weighted by atomic mass is 35.5. The topological polar surface area (TPSA) is 80.2 Å². The maximum Gasteiger partial charge on any atom is 0.229 e. The Morgan fingerprint density at radius 3 is 2.58 bits per heavy atom. The van der Waals surface area contributed by atoms with Crippen molar-refractivity contribution in [3.05, 3.63) is 83.1 Å². The molecule has 6 nitrogen and oxygen atoms in total. The monoisotopic (exact) mass is 499 g/mol. The number of aryl methyl sites for hydroxylation is 1. The molecule has 2 aromatic carbocycles. The first-order chi connectivity index (χ1) is 15.8. The van der Waals surface area contributed by atoms with Crippen LogP contribution in [0.1, 0.15) is 24.1 Å². The Morgan fingerprint density at radius 2 is 1.85 bits per heavy atom. The Bertz CT molecular complexity index is 1370. The number of pyridine rings is 1. The van der Waals surface area contributed by atoms with E-state index in [4.69, 9.17) is 16.6 Å². The average molecular weight is 500 g/mol. The molecule has 0 unspecified atom stereocenters. The third-order valence-corrected chi connectivity index (χ3v) is 8.18. The summed E-state index contributed by atoms with van der Waals surface area (Å²) in [6, 6.07) is 17.5. The van der Waals surface area contributed by atoms with E-state index in [-0.39, 0.29) is 35.9 Å². The van der Waals surface area contributed by atoms with Gasteiger partial charge in [-0.05, 0) is 55.3 Å². The van der Waals surface area contributed by atoms with Gasteiger partial charge >= 0.3 is 0 Å². The second-order valence-electron chi connectivity index (χ2n) is 7.60. The van der Waals surface area contributed by atoms with Crippen molar-refractivity contribution in [3.8, 4) is 0 Å². The molecule has 0 bridgehead atoms. The first kappa shape index (κ1) is 23.4. The van der Waals surface area contributed by atoms with Crippen LogP contribution in [0.5, 0.6) is 0 Å². The van der Waals surface area contributed by atoms with Gasteiger partial charge in [0.1, 0.15) is 0 Å². The summed E-state index contributed by atoms with van der Waals surface area (Å²) in [5, 5.41) is 1.15. The van der Waals surface area contributed by atoms with Gasteiger partial charge in [-0.25, -0.2) is 13.4 Å². The SMILES string of the molecule is Cc1cc(Cl)cc2sc(N(Cc3ccccn3)C(=O)CCCS(=O)(=O)c3ccccc3)nc12. The Morgan fingerprint density at radius 1 is 1.09 bits per heavy atom. The number of carbonyl (C=O) groups excluding carboxylic acids is 1. The van der Waals surface area contributed by atoms with Crippen LogP contribution in [0.15, 0.2) is 71.8 Å². The Labute approximate surface area is 201 Å². The number of thiazole rings is 1. The molecule has 0 spiro atoms. The number of rotatable bonds is 8. The summed E-state index contributed by atoms with van der Waals surface area (Å²) in [6.07, 6.45) is 1.96. The Balaban J connectivity index is 1.56. The van der Waals surface area contributed by atoms with Crippen molar-refractivity contribution in [2.45, 2.75) is 31.2 Å². The normalized spacial score (nSPS) is 11.6. The molecule has 9 heteroatoms. The molecule has 0 fully saturated rings. The maximum atomic E-state index is 13.2. The van der Waals surface area contributed by atoms with Gasteiger partial charge in [-0.15, -0.1) is 0 Å². The van der Waals surface area contributed by atoms with Gasteiger partial charge in [-0.2, -0.15) is 0 Å². The van der Waals surface area contributed by atoms with Gasteiger partial charge in [0.15, 0.2) is 15.0 Å². The molecule has 0 saturated heterocycles. The van der Waals surface area contributed by atoms with Crippen molar-refractivity contribution in [2.24, 2.45) is 0 Å². The van der Waals surface area contributed by atoms with Crippen LogP contribution in [0.4, 0.5) is 5.13 Å². The lowest BCUT2D eigenvalue weighted by Crippen LogP contribution is -2.30. The van der Waals surface area contributed by atoms with Crippen molar-refractivity contribution in [2.75, 3.05) is 10.7 Å². The number of amides is 1. The highest BCUT2D eigenvalue weighted by Crippen LogP contribution is 2.34. The molecule has 0 aliphatic carbocycles. The van der Waals surface area contributed by atoms with Crippen LogP contribution in [-0.4, -0.2) is 30.0 Å². The zero-order valence-electron chi connectivity index (χ0n) is 17.9. The molecule has 0 atom stereocenters. The molecule has 4 rings (SSSR count). The predicted octanol–water partition coefficient (Wildman–Crippen LogP) is 5.44. The fourth-order valence-electron chi connectivity index (χ4n) is 3.47. The quantitative estimate of drug-likeness (QED) is 0.322. The summed E-state index contributed by atoms with van der Waals surface area (Å²) in [5.41, 5.74) is 2.45. The summed E-state index contributed by atoms with van der Waals surface area (Å²) in [4.78, 5) is 24.1. The van der Waals surface area contributed by atoms with E-state index < -0.39 is 9.84 Å². The van der Waals surface area contributed by atoms with Crippen LogP contribution in [0, 0.1) is 6.92 Å². The molecular weight excluding hydrogens is 478 g/mol. The van der Waals surface area contributed by atoms with Crippen LogP contribution in [0.2, 0.25) is 5.02 Å². The van der Waals surface area contributed by atoms with E-state index in [1.807, 2.05) is 37.3 Å². The van der Waals surface area contributed by atoms with Gasteiger partial charge in [-0.3, -0.25) is 14.7 Å². The van der Waals surface area contributed by atoms with E-state index in [2.05, 4.69) is 4.98 Å². The minimum absolute atomic E-state index is 0.0779. The average Bonchev–Trinajstić information content (AvgIpc) is 3.22. The van der Waals surface area contributed by atoms with Crippen LogP contribution in [0.3, 0.4) is 0 Å². The molecule has 4 aromatic rings. The van der Waals surface area contributed by atoms with Crippen molar-refractivity contribution in [1.82, 2.24) is 9.97 Å². The molecule has 2 heterocycles. The third kappa shape index (κ3) is 5.58. The van der Waals surface area contributed by atoms with Crippen molar-refractivity contribution in [1.29, 1.82) is 0 Å². The standard InChI is InChI=1S/C24H22ClN3O3S2/c1-17-14-18(25)15-21-23(17)27-24(32-21)28(16-19-8-5-6-12-26-19)22(29)11-7-13-33(30,31)20-9-3-2-4-10-20/h2-6,8-10,12,14-15H,7,11,13,16H2,1H3. The first-order valence-electron chi connectivity index (χ1n) is 10.4. The number of benzene rings is 2. The molecule has 170 valence electrons. The first-order valence-corrected chi connectivity index (χ1v) is 13.2. The molecule has 0 aliphatic rings. The van der Waals surface area contributed by atoms with E-state index in [1.165, 1.54) is 11.3 Å². The van der Waals surface area contributed by atoms with Gasteiger partial charge in [0.05, 0.1) is 33.1 Å². The molecule has 2 aromatic heterocycles.